The van der Waals surface area contributed by atoms with E-state index in [1.807, 2.05) is 4.90 Å². The number of nitrogens with one attached hydrogen (secondary N) is 1. The summed E-state index contributed by atoms with van der Waals surface area (Å²) in [6, 6.07) is 5.67. The summed E-state index contributed by atoms with van der Waals surface area (Å²) in [7, 11) is -1.22. The number of piperidine rings is 1. The Bertz CT molecular complexity index is 646. The summed E-state index contributed by atoms with van der Waals surface area (Å²) in [4.78, 5) is 15.4. The standard InChI is InChI=1S/C19H28N2O4S/c1-2-10-21(15-5-8-20-9-6-15)19(22)7-13-26(23)16-3-4-17-18(14-16)25-12-11-24-17/h3-4,14-15,20H,2,5-13H2,1H3. The molecule has 3 rings (SSSR count). The Kier molecular flexibility index (Phi) is 6.91. The molecule has 1 N–H and O–H groups in total. The van der Waals surface area contributed by atoms with Crippen LogP contribution in [0, 0.1) is 0 Å². The van der Waals surface area contributed by atoms with Gasteiger partial charge in [-0.1, -0.05) is 6.92 Å². The molecule has 2 heterocycles. The molecule has 6 nitrogen and oxygen atoms in total. The van der Waals surface area contributed by atoms with Gasteiger partial charge in [0.05, 0.1) is 10.8 Å². The Labute approximate surface area is 157 Å². The summed E-state index contributed by atoms with van der Waals surface area (Å²) in [6.07, 6.45) is 3.25. The van der Waals surface area contributed by atoms with Crippen LogP contribution in [-0.2, 0) is 15.6 Å². The van der Waals surface area contributed by atoms with E-state index in [0.29, 0.717) is 47.8 Å². The summed E-state index contributed by atoms with van der Waals surface area (Å²) in [5.41, 5.74) is 0. The Morgan fingerprint density at radius 1 is 1.23 bits per heavy atom. The monoisotopic (exact) mass is 380 g/mol. The van der Waals surface area contributed by atoms with Gasteiger partial charge in [0, 0.05) is 35.7 Å². The number of hydrogen-bond donors (Lipinski definition) is 1. The van der Waals surface area contributed by atoms with Crippen molar-refractivity contribution in [3.63, 3.8) is 0 Å². The summed E-state index contributed by atoms with van der Waals surface area (Å²) in [6.45, 7) is 5.83. The van der Waals surface area contributed by atoms with Gasteiger partial charge in [-0.05, 0) is 44.5 Å². The van der Waals surface area contributed by atoms with E-state index in [4.69, 9.17) is 9.47 Å². The summed E-state index contributed by atoms with van der Waals surface area (Å²) in [5, 5.41) is 3.34. The van der Waals surface area contributed by atoms with Crippen LogP contribution in [0.1, 0.15) is 32.6 Å². The summed E-state index contributed by atoms with van der Waals surface area (Å²) >= 11 is 0. The summed E-state index contributed by atoms with van der Waals surface area (Å²) < 4.78 is 23.7. The lowest BCUT2D eigenvalue weighted by Gasteiger charge is -2.34. The van der Waals surface area contributed by atoms with Crippen LogP contribution in [0.3, 0.4) is 0 Å². The molecule has 0 aromatic heterocycles. The molecule has 0 aliphatic carbocycles. The molecule has 1 aromatic rings. The Balaban J connectivity index is 1.57. The second-order valence-electron chi connectivity index (χ2n) is 6.67. The Hall–Kier alpha value is -1.60. The largest absolute Gasteiger partial charge is 0.486 e. The second-order valence-corrected chi connectivity index (χ2v) is 8.24. The van der Waals surface area contributed by atoms with Crippen molar-refractivity contribution in [2.24, 2.45) is 0 Å². The fraction of sp³-hybridized carbons (Fsp3) is 0.632. The molecule has 1 saturated heterocycles. The average Bonchev–Trinajstić information content (AvgIpc) is 2.70. The topological polar surface area (TPSA) is 67.9 Å². The van der Waals surface area contributed by atoms with Crippen LogP contribution in [0.25, 0.3) is 0 Å². The van der Waals surface area contributed by atoms with Crippen LogP contribution in [0.4, 0.5) is 0 Å². The van der Waals surface area contributed by atoms with E-state index in [1.54, 1.807) is 18.2 Å². The van der Waals surface area contributed by atoms with Gasteiger partial charge in [0.25, 0.3) is 0 Å². The van der Waals surface area contributed by atoms with Gasteiger partial charge in [-0.3, -0.25) is 9.00 Å². The predicted octanol–water partition coefficient (Wildman–Crippen LogP) is 1.95. The van der Waals surface area contributed by atoms with Crippen molar-refractivity contribution in [1.82, 2.24) is 10.2 Å². The third kappa shape index (κ3) is 4.76. The fourth-order valence-electron chi connectivity index (χ4n) is 3.48. The minimum atomic E-state index is -1.22. The smallest absolute Gasteiger partial charge is 0.223 e. The van der Waals surface area contributed by atoms with Gasteiger partial charge in [-0.15, -0.1) is 0 Å². The molecule has 2 aliphatic heterocycles. The zero-order valence-corrected chi connectivity index (χ0v) is 16.2. The maximum absolute atomic E-state index is 12.7. The first-order valence-corrected chi connectivity index (χ1v) is 10.8. The molecular weight excluding hydrogens is 352 g/mol. The Morgan fingerprint density at radius 2 is 1.96 bits per heavy atom. The van der Waals surface area contributed by atoms with E-state index in [9.17, 15) is 9.00 Å². The van der Waals surface area contributed by atoms with Crippen molar-refractivity contribution in [1.29, 1.82) is 0 Å². The molecule has 0 radical (unpaired) electrons. The minimum Gasteiger partial charge on any atom is -0.486 e. The van der Waals surface area contributed by atoms with Crippen molar-refractivity contribution in [2.45, 2.75) is 43.5 Å². The van der Waals surface area contributed by atoms with Crippen LogP contribution in [0.2, 0.25) is 0 Å². The normalized spacial score (nSPS) is 18.3. The number of carbonyl (C=O) groups is 1. The van der Waals surface area contributed by atoms with Crippen LogP contribution in [0.15, 0.2) is 23.1 Å². The highest BCUT2D eigenvalue weighted by atomic mass is 32.2. The van der Waals surface area contributed by atoms with Crippen LogP contribution in [0.5, 0.6) is 11.5 Å². The third-order valence-electron chi connectivity index (χ3n) is 4.81. The van der Waals surface area contributed by atoms with E-state index in [0.717, 1.165) is 38.9 Å². The number of amides is 1. The van der Waals surface area contributed by atoms with E-state index < -0.39 is 10.8 Å². The molecule has 0 bridgehead atoms. The minimum absolute atomic E-state index is 0.115. The SMILES string of the molecule is CCCN(C(=O)CCS(=O)c1ccc2c(c1)OCCO2)C1CCNCC1. The molecule has 26 heavy (non-hydrogen) atoms. The van der Waals surface area contributed by atoms with Gasteiger partial charge >= 0.3 is 0 Å². The van der Waals surface area contributed by atoms with E-state index >= 15 is 0 Å². The lowest BCUT2D eigenvalue weighted by atomic mass is 10.0. The van der Waals surface area contributed by atoms with Crippen molar-refractivity contribution in [2.75, 3.05) is 38.6 Å². The first kappa shape index (κ1) is 19.2. The lowest BCUT2D eigenvalue weighted by Crippen LogP contribution is -2.46. The van der Waals surface area contributed by atoms with E-state index in [-0.39, 0.29) is 5.91 Å². The lowest BCUT2D eigenvalue weighted by molar-refractivity contribution is -0.133. The maximum atomic E-state index is 12.7. The number of ether oxygens (including phenoxy) is 2. The number of nitrogens with zero attached hydrogens (tertiary/aromatic N) is 1. The second kappa shape index (κ2) is 9.37. The van der Waals surface area contributed by atoms with Gasteiger partial charge in [0.15, 0.2) is 11.5 Å². The van der Waals surface area contributed by atoms with Gasteiger partial charge in [-0.25, -0.2) is 0 Å². The van der Waals surface area contributed by atoms with Crippen molar-refractivity contribution >= 4 is 16.7 Å². The quantitative estimate of drug-likeness (QED) is 0.783. The third-order valence-corrected chi connectivity index (χ3v) is 6.17. The molecule has 1 fully saturated rings. The first-order valence-electron chi connectivity index (χ1n) is 9.47. The van der Waals surface area contributed by atoms with Crippen molar-refractivity contribution in [3.05, 3.63) is 18.2 Å². The number of fused-ring (bicyclic) bond motifs is 1. The highest BCUT2D eigenvalue weighted by Crippen LogP contribution is 2.31. The molecule has 7 heteroatoms. The Morgan fingerprint density at radius 3 is 2.69 bits per heavy atom. The van der Waals surface area contributed by atoms with Gasteiger partial charge < -0.3 is 19.7 Å². The van der Waals surface area contributed by atoms with Crippen LogP contribution in [-0.4, -0.2) is 59.7 Å². The van der Waals surface area contributed by atoms with Crippen LogP contribution >= 0.6 is 0 Å². The zero-order valence-electron chi connectivity index (χ0n) is 15.4. The molecule has 1 aromatic carbocycles. The molecule has 144 valence electrons. The average molecular weight is 381 g/mol. The molecule has 1 atom stereocenters. The van der Waals surface area contributed by atoms with Gasteiger partial charge in [-0.2, -0.15) is 0 Å². The highest BCUT2D eigenvalue weighted by Gasteiger charge is 2.25. The molecule has 0 saturated carbocycles. The number of hydrogen-bond acceptors (Lipinski definition) is 5. The van der Waals surface area contributed by atoms with Gasteiger partial charge in [0.2, 0.25) is 5.91 Å². The van der Waals surface area contributed by atoms with Crippen molar-refractivity contribution in [3.8, 4) is 11.5 Å². The molecule has 1 amide bonds. The van der Waals surface area contributed by atoms with Crippen LogP contribution < -0.4 is 14.8 Å². The summed E-state index contributed by atoms with van der Waals surface area (Å²) in [5.74, 6) is 1.78. The highest BCUT2D eigenvalue weighted by molar-refractivity contribution is 7.85. The first-order chi connectivity index (χ1) is 12.7. The molecule has 2 aliphatic rings. The number of rotatable bonds is 7. The van der Waals surface area contributed by atoms with E-state index in [2.05, 4.69) is 12.2 Å². The number of benzene rings is 1. The van der Waals surface area contributed by atoms with Gasteiger partial charge in [0.1, 0.15) is 13.2 Å². The number of carbonyl (C=O) groups excluding carboxylic acids is 1. The maximum Gasteiger partial charge on any atom is 0.223 e. The van der Waals surface area contributed by atoms with Crippen molar-refractivity contribution < 1.29 is 18.5 Å². The molecule has 0 spiro atoms. The molecular formula is C19H28N2O4S. The van der Waals surface area contributed by atoms with E-state index in [1.165, 1.54) is 0 Å². The fourth-order valence-corrected chi connectivity index (χ4v) is 4.53. The predicted molar refractivity (Wildman–Crippen MR) is 101 cm³/mol. The zero-order chi connectivity index (χ0) is 18.4. The molecule has 1 unspecified atom stereocenters.